The number of rotatable bonds is 9. The quantitative estimate of drug-likeness (QED) is 0.147. The summed E-state index contributed by atoms with van der Waals surface area (Å²) in [5, 5.41) is 24.4. The summed E-state index contributed by atoms with van der Waals surface area (Å²) >= 11 is 1.22. The van der Waals surface area contributed by atoms with Gasteiger partial charge in [-0.05, 0) is 38.1 Å². The number of hydrogen-bond acceptors (Lipinski definition) is 8. The second-order valence-electron chi connectivity index (χ2n) is 8.03. The van der Waals surface area contributed by atoms with Crippen molar-refractivity contribution in [3.05, 3.63) is 94.0 Å². The summed E-state index contributed by atoms with van der Waals surface area (Å²) in [6.07, 6.45) is 0. The molecule has 0 bridgehead atoms. The predicted molar refractivity (Wildman–Crippen MR) is 142 cm³/mol. The van der Waals surface area contributed by atoms with Crippen LogP contribution in [0.3, 0.4) is 0 Å². The van der Waals surface area contributed by atoms with E-state index in [1.165, 1.54) is 23.9 Å². The Kier molecular flexibility index (Phi) is 7.94. The van der Waals surface area contributed by atoms with E-state index in [9.17, 15) is 14.9 Å². The van der Waals surface area contributed by atoms with Crippen LogP contribution in [0.4, 0.5) is 5.69 Å². The summed E-state index contributed by atoms with van der Waals surface area (Å²) in [4.78, 5) is 23.1. The van der Waals surface area contributed by atoms with Gasteiger partial charge in [0.2, 0.25) is 0 Å². The molecule has 0 unspecified atom stereocenters. The number of nitro groups is 1. The number of aryl methyl sites for hydroxylation is 1. The molecule has 4 aromatic rings. The maximum Gasteiger partial charge on any atom is 0.270 e. The van der Waals surface area contributed by atoms with Crippen LogP contribution in [0.5, 0.6) is 5.75 Å². The molecule has 1 heterocycles. The number of nitrogens with zero attached hydrogens (tertiary/aromatic N) is 5. The molecule has 0 spiro atoms. The zero-order chi connectivity index (χ0) is 26.4. The molecule has 0 saturated heterocycles. The highest BCUT2D eigenvalue weighted by Crippen LogP contribution is 2.29. The fraction of sp³-hybridized carbons (Fsp3) is 0.154. The molecule has 11 heteroatoms. The van der Waals surface area contributed by atoms with Gasteiger partial charge in [0.25, 0.3) is 11.6 Å². The molecule has 0 atom stereocenters. The Hall–Kier alpha value is -4.51. The first kappa shape index (κ1) is 25.6. The summed E-state index contributed by atoms with van der Waals surface area (Å²) in [6, 6.07) is 21.5. The van der Waals surface area contributed by atoms with E-state index in [1.54, 1.807) is 26.2 Å². The Labute approximate surface area is 217 Å². The third-order valence-corrected chi connectivity index (χ3v) is 6.36. The van der Waals surface area contributed by atoms with Crippen molar-refractivity contribution in [2.45, 2.75) is 19.0 Å². The van der Waals surface area contributed by atoms with Crippen molar-refractivity contribution < 1.29 is 14.5 Å². The van der Waals surface area contributed by atoms with E-state index in [-0.39, 0.29) is 17.3 Å². The van der Waals surface area contributed by atoms with Crippen LogP contribution in [0, 0.1) is 17.0 Å². The van der Waals surface area contributed by atoms with Gasteiger partial charge in [-0.2, -0.15) is 5.10 Å². The number of hydrogen-bond donors (Lipinski definition) is 1. The van der Waals surface area contributed by atoms with Gasteiger partial charge in [-0.1, -0.05) is 53.7 Å². The van der Waals surface area contributed by atoms with Crippen LogP contribution in [0.1, 0.15) is 18.1 Å². The van der Waals surface area contributed by atoms with Gasteiger partial charge in [-0.3, -0.25) is 19.5 Å². The number of carbonyl (C=O) groups is 1. The van der Waals surface area contributed by atoms with Gasteiger partial charge in [0.1, 0.15) is 5.75 Å². The number of hydrazone groups is 1. The number of nitrogens with one attached hydrogen (secondary N) is 1. The average molecular weight is 517 g/mol. The minimum atomic E-state index is -0.476. The van der Waals surface area contributed by atoms with Crippen LogP contribution >= 0.6 is 11.8 Å². The lowest BCUT2D eigenvalue weighted by molar-refractivity contribution is -0.384. The largest absolute Gasteiger partial charge is 0.497 e. The van der Waals surface area contributed by atoms with Gasteiger partial charge in [0.05, 0.1) is 23.5 Å². The summed E-state index contributed by atoms with van der Waals surface area (Å²) in [5.41, 5.74) is 6.30. The molecule has 0 radical (unpaired) electrons. The SMILES string of the molecule is COc1ccc(-n2c(SCC(=O)NN=C(C)c3cccc([N+](=O)[O-])c3)nnc2-c2ccc(C)cc2)cc1. The van der Waals surface area contributed by atoms with Crippen molar-refractivity contribution in [3.63, 3.8) is 0 Å². The Morgan fingerprint density at radius 3 is 2.51 bits per heavy atom. The number of amides is 1. The molecule has 0 aliphatic carbocycles. The van der Waals surface area contributed by atoms with Crippen molar-refractivity contribution in [2.75, 3.05) is 12.9 Å². The lowest BCUT2D eigenvalue weighted by Crippen LogP contribution is -2.21. The Morgan fingerprint density at radius 1 is 1.11 bits per heavy atom. The maximum atomic E-state index is 12.6. The van der Waals surface area contributed by atoms with Crippen molar-refractivity contribution in [2.24, 2.45) is 5.10 Å². The Morgan fingerprint density at radius 2 is 1.84 bits per heavy atom. The van der Waals surface area contributed by atoms with Crippen molar-refractivity contribution in [3.8, 4) is 22.8 Å². The van der Waals surface area contributed by atoms with Crippen LogP contribution in [0.15, 0.2) is 83.1 Å². The molecule has 0 saturated carbocycles. The van der Waals surface area contributed by atoms with Crippen LogP contribution in [-0.4, -0.2) is 44.2 Å². The molecule has 10 nitrogen and oxygen atoms in total. The van der Waals surface area contributed by atoms with Crippen molar-refractivity contribution in [1.29, 1.82) is 0 Å². The van der Waals surface area contributed by atoms with Gasteiger partial charge >= 0.3 is 0 Å². The van der Waals surface area contributed by atoms with Crippen molar-refractivity contribution >= 4 is 29.1 Å². The summed E-state index contributed by atoms with van der Waals surface area (Å²) in [6.45, 7) is 3.68. The van der Waals surface area contributed by atoms with E-state index in [0.717, 1.165) is 22.6 Å². The van der Waals surface area contributed by atoms with Crippen LogP contribution in [0.25, 0.3) is 17.1 Å². The third-order valence-electron chi connectivity index (χ3n) is 5.43. The molecule has 1 aromatic heterocycles. The average Bonchev–Trinajstić information content (AvgIpc) is 3.35. The minimum Gasteiger partial charge on any atom is -0.497 e. The molecular formula is C26H24N6O4S. The normalized spacial score (nSPS) is 11.3. The topological polar surface area (TPSA) is 125 Å². The summed E-state index contributed by atoms with van der Waals surface area (Å²) < 4.78 is 7.16. The summed E-state index contributed by atoms with van der Waals surface area (Å²) in [7, 11) is 1.61. The van der Waals surface area contributed by atoms with E-state index in [0.29, 0.717) is 22.3 Å². The second-order valence-corrected chi connectivity index (χ2v) is 8.98. The number of methoxy groups -OCH3 is 1. The number of benzene rings is 3. The molecule has 188 valence electrons. The lowest BCUT2D eigenvalue weighted by atomic mass is 10.1. The third kappa shape index (κ3) is 6.19. The highest BCUT2D eigenvalue weighted by atomic mass is 32.2. The fourth-order valence-corrected chi connectivity index (χ4v) is 4.18. The number of aromatic nitrogens is 3. The van der Waals surface area contributed by atoms with Crippen molar-refractivity contribution in [1.82, 2.24) is 20.2 Å². The van der Waals surface area contributed by atoms with E-state index in [2.05, 4.69) is 20.7 Å². The molecular weight excluding hydrogens is 492 g/mol. The number of non-ortho nitro benzene ring substituents is 1. The Bertz CT molecular complexity index is 1450. The standard InChI is InChI=1S/C26H24N6O4S/c1-17-7-9-19(10-8-17)25-29-30-26(31(25)21-11-13-23(36-3)14-12-21)37-16-24(33)28-27-18(2)20-5-4-6-22(15-20)32(34)35/h4-15H,16H2,1-3H3,(H,28,33). The van der Waals surface area contributed by atoms with E-state index >= 15 is 0 Å². The predicted octanol–water partition coefficient (Wildman–Crippen LogP) is 4.79. The molecule has 0 aliphatic rings. The van der Waals surface area contributed by atoms with Gasteiger partial charge < -0.3 is 4.74 Å². The van der Waals surface area contributed by atoms with E-state index < -0.39 is 4.92 Å². The molecule has 1 amide bonds. The molecule has 37 heavy (non-hydrogen) atoms. The monoisotopic (exact) mass is 516 g/mol. The number of thioether (sulfide) groups is 1. The minimum absolute atomic E-state index is 0.0356. The van der Waals surface area contributed by atoms with Gasteiger partial charge in [-0.15, -0.1) is 10.2 Å². The first-order valence-corrected chi connectivity index (χ1v) is 12.2. The maximum absolute atomic E-state index is 12.6. The highest BCUT2D eigenvalue weighted by Gasteiger charge is 2.17. The smallest absolute Gasteiger partial charge is 0.270 e. The number of ether oxygens (including phenoxy) is 1. The zero-order valence-electron chi connectivity index (χ0n) is 20.4. The van der Waals surface area contributed by atoms with E-state index in [4.69, 9.17) is 4.74 Å². The molecule has 3 aromatic carbocycles. The highest BCUT2D eigenvalue weighted by molar-refractivity contribution is 7.99. The van der Waals surface area contributed by atoms with Crippen LogP contribution < -0.4 is 10.2 Å². The molecule has 0 aliphatic heterocycles. The van der Waals surface area contributed by atoms with Gasteiger partial charge in [-0.25, -0.2) is 5.43 Å². The first-order chi connectivity index (χ1) is 17.9. The van der Waals surface area contributed by atoms with Crippen LogP contribution in [0.2, 0.25) is 0 Å². The lowest BCUT2D eigenvalue weighted by Gasteiger charge is -2.11. The Balaban J connectivity index is 1.52. The van der Waals surface area contributed by atoms with Crippen LogP contribution in [-0.2, 0) is 4.79 Å². The van der Waals surface area contributed by atoms with E-state index in [1.807, 2.05) is 60.0 Å². The van der Waals surface area contributed by atoms with Gasteiger partial charge in [0.15, 0.2) is 11.0 Å². The summed E-state index contributed by atoms with van der Waals surface area (Å²) in [5.74, 6) is 1.05. The molecule has 0 fully saturated rings. The molecule has 4 rings (SSSR count). The number of nitro benzene ring substituents is 1. The molecule has 1 N–H and O–H groups in total. The first-order valence-electron chi connectivity index (χ1n) is 11.2. The van der Waals surface area contributed by atoms with Gasteiger partial charge in [0, 0.05) is 28.9 Å². The fourth-order valence-electron chi connectivity index (χ4n) is 3.43. The zero-order valence-corrected chi connectivity index (χ0v) is 21.2. The number of carbonyl (C=O) groups excluding carboxylic acids is 1. The second kappa shape index (κ2) is 11.5.